The third-order valence-corrected chi connectivity index (χ3v) is 3.06. The Balaban J connectivity index is 1.90. The summed E-state index contributed by atoms with van der Waals surface area (Å²) in [6, 6.07) is 9.41. The van der Waals surface area contributed by atoms with E-state index in [4.69, 9.17) is 9.15 Å². The first-order valence-corrected chi connectivity index (χ1v) is 7.12. The normalized spacial score (nSPS) is 10.4. The first-order valence-electron chi connectivity index (χ1n) is 7.12. The molecule has 6 nitrogen and oxygen atoms in total. The number of esters is 1. The Morgan fingerprint density at radius 2 is 1.83 bits per heavy atom. The van der Waals surface area contributed by atoms with Gasteiger partial charge in [0.25, 0.3) is 0 Å². The summed E-state index contributed by atoms with van der Waals surface area (Å²) in [5, 5.41) is 2.73. The number of ketones is 1. The highest BCUT2D eigenvalue weighted by Crippen LogP contribution is 2.12. The van der Waals surface area contributed by atoms with Crippen LogP contribution >= 0.6 is 0 Å². The molecular weight excluding hydrogens is 298 g/mol. The van der Waals surface area contributed by atoms with E-state index >= 15 is 0 Å². The number of nitrogens with one attached hydrogen (secondary N) is 1. The summed E-state index contributed by atoms with van der Waals surface area (Å²) in [5.74, 6) is -1.21. The molecular formula is C17H17NO5. The number of furan rings is 1. The highest BCUT2D eigenvalue weighted by atomic mass is 16.5. The molecule has 23 heavy (non-hydrogen) atoms. The second-order valence-corrected chi connectivity index (χ2v) is 5.20. The molecule has 0 saturated carbocycles. The van der Waals surface area contributed by atoms with Gasteiger partial charge >= 0.3 is 5.97 Å². The lowest BCUT2D eigenvalue weighted by molar-refractivity contribution is -0.118. The number of amides is 1. The summed E-state index contributed by atoms with van der Waals surface area (Å²) in [6.45, 7) is 3.21. The molecule has 2 rings (SSSR count). The molecule has 0 aliphatic heterocycles. The maximum absolute atomic E-state index is 12.0. The quantitative estimate of drug-likeness (QED) is 0.654. The van der Waals surface area contributed by atoms with E-state index in [1.54, 1.807) is 44.2 Å². The van der Waals surface area contributed by atoms with Crippen LogP contribution in [-0.2, 0) is 9.53 Å². The molecule has 0 unspecified atom stereocenters. The lowest BCUT2D eigenvalue weighted by Crippen LogP contribution is -2.18. The molecule has 120 valence electrons. The van der Waals surface area contributed by atoms with E-state index < -0.39 is 5.97 Å². The summed E-state index contributed by atoms with van der Waals surface area (Å²) in [4.78, 5) is 35.1. The predicted octanol–water partition coefficient (Wildman–Crippen LogP) is 2.91. The third-order valence-electron chi connectivity index (χ3n) is 3.06. The molecule has 6 heteroatoms. The first-order chi connectivity index (χ1) is 11.0. The molecule has 0 spiro atoms. The first kappa shape index (κ1) is 16.5. The van der Waals surface area contributed by atoms with Crippen LogP contribution in [-0.4, -0.2) is 24.3 Å². The summed E-state index contributed by atoms with van der Waals surface area (Å²) in [5.41, 5.74) is 0.993. The van der Waals surface area contributed by atoms with Gasteiger partial charge < -0.3 is 14.5 Å². The number of carbonyl (C=O) groups excluding carboxylic acids is 3. The number of benzene rings is 1. The van der Waals surface area contributed by atoms with Crippen LogP contribution in [0, 0.1) is 5.92 Å². The van der Waals surface area contributed by atoms with Gasteiger partial charge in [0.2, 0.25) is 11.7 Å². The largest absolute Gasteiger partial charge is 0.457 e. The van der Waals surface area contributed by atoms with Gasteiger partial charge in [0.05, 0.1) is 6.26 Å². The molecule has 0 aliphatic carbocycles. The lowest BCUT2D eigenvalue weighted by Gasteiger charge is -2.08. The number of ether oxygens (including phenoxy) is 1. The molecule has 1 aromatic heterocycles. The highest BCUT2D eigenvalue weighted by Gasteiger charge is 2.14. The zero-order valence-corrected chi connectivity index (χ0v) is 12.9. The second-order valence-electron chi connectivity index (χ2n) is 5.20. The van der Waals surface area contributed by atoms with E-state index in [-0.39, 0.29) is 30.0 Å². The number of hydrogen-bond donors (Lipinski definition) is 1. The average molecular weight is 315 g/mol. The maximum atomic E-state index is 12.0. The summed E-state index contributed by atoms with van der Waals surface area (Å²) >= 11 is 0. The van der Waals surface area contributed by atoms with Crippen molar-refractivity contribution in [2.75, 3.05) is 11.9 Å². The number of rotatable bonds is 6. The van der Waals surface area contributed by atoms with Crippen LogP contribution in [0.5, 0.6) is 0 Å². The molecule has 1 heterocycles. The van der Waals surface area contributed by atoms with Crippen LogP contribution in [0.1, 0.15) is 34.8 Å². The summed E-state index contributed by atoms with van der Waals surface area (Å²) in [6.07, 6.45) is 1.35. The Labute approximate surface area is 133 Å². The highest BCUT2D eigenvalue weighted by molar-refractivity contribution is 5.99. The van der Waals surface area contributed by atoms with E-state index in [2.05, 4.69) is 5.32 Å². The van der Waals surface area contributed by atoms with Gasteiger partial charge in [-0.2, -0.15) is 0 Å². The SMILES string of the molecule is CC(C)C(=O)Nc1ccc(C(=O)COC(=O)c2ccco2)cc1. The molecule has 0 radical (unpaired) electrons. The van der Waals surface area contributed by atoms with Gasteiger partial charge in [-0.1, -0.05) is 13.8 Å². The monoisotopic (exact) mass is 315 g/mol. The molecule has 1 amide bonds. The molecule has 0 atom stereocenters. The third kappa shape index (κ3) is 4.54. The fourth-order valence-corrected chi connectivity index (χ4v) is 1.71. The van der Waals surface area contributed by atoms with Crippen LogP contribution in [0.25, 0.3) is 0 Å². The van der Waals surface area contributed by atoms with Gasteiger partial charge in [-0.3, -0.25) is 9.59 Å². The van der Waals surface area contributed by atoms with Crippen molar-refractivity contribution >= 4 is 23.3 Å². The van der Waals surface area contributed by atoms with Crippen LogP contribution in [0.2, 0.25) is 0 Å². The average Bonchev–Trinajstić information content (AvgIpc) is 3.07. The fourth-order valence-electron chi connectivity index (χ4n) is 1.71. The Kier molecular flexibility index (Phi) is 5.30. The smallest absolute Gasteiger partial charge is 0.374 e. The zero-order chi connectivity index (χ0) is 16.8. The molecule has 0 saturated heterocycles. The second kappa shape index (κ2) is 7.40. The Morgan fingerprint density at radius 1 is 1.13 bits per heavy atom. The lowest BCUT2D eigenvalue weighted by atomic mass is 10.1. The van der Waals surface area contributed by atoms with Crippen molar-refractivity contribution in [2.24, 2.45) is 5.92 Å². The summed E-state index contributed by atoms with van der Waals surface area (Å²) in [7, 11) is 0. The van der Waals surface area contributed by atoms with Crippen molar-refractivity contribution in [2.45, 2.75) is 13.8 Å². The van der Waals surface area contributed by atoms with Crippen molar-refractivity contribution < 1.29 is 23.5 Å². The molecule has 1 aromatic carbocycles. The minimum absolute atomic E-state index is 0.0459. The molecule has 0 bridgehead atoms. The number of hydrogen-bond acceptors (Lipinski definition) is 5. The minimum Gasteiger partial charge on any atom is -0.457 e. The van der Waals surface area contributed by atoms with E-state index in [1.165, 1.54) is 12.3 Å². The van der Waals surface area contributed by atoms with Gasteiger partial charge in [0, 0.05) is 17.2 Å². The van der Waals surface area contributed by atoms with Gasteiger partial charge in [0.1, 0.15) is 0 Å². The summed E-state index contributed by atoms with van der Waals surface area (Å²) < 4.78 is 9.76. The Morgan fingerprint density at radius 3 is 2.39 bits per heavy atom. The minimum atomic E-state index is -0.691. The van der Waals surface area contributed by atoms with Crippen molar-refractivity contribution in [3.8, 4) is 0 Å². The van der Waals surface area contributed by atoms with Crippen molar-refractivity contribution in [3.63, 3.8) is 0 Å². The number of anilines is 1. The number of carbonyl (C=O) groups is 3. The van der Waals surface area contributed by atoms with Gasteiger partial charge in [0.15, 0.2) is 12.4 Å². The van der Waals surface area contributed by atoms with Crippen molar-refractivity contribution in [3.05, 3.63) is 54.0 Å². The van der Waals surface area contributed by atoms with E-state index in [0.717, 1.165) is 0 Å². The maximum Gasteiger partial charge on any atom is 0.374 e. The van der Waals surface area contributed by atoms with Gasteiger partial charge in [-0.15, -0.1) is 0 Å². The van der Waals surface area contributed by atoms with Gasteiger partial charge in [-0.05, 0) is 36.4 Å². The molecule has 1 N–H and O–H groups in total. The zero-order valence-electron chi connectivity index (χ0n) is 12.9. The van der Waals surface area contributed by atoms with E-state index in [9.17, 15) is 14.4 Å². The molecule has 0 aliphatic rings. The fraction of sp³-hybridized carbons (Fsp3) is 0.235. The van der Waals surface area contributed by atoms with Crippen LogP contribution in [0.15, 0.2) is 47.1 Å². The number of Topliss-reactive ketones (excluding diaryl/α,β-unsaturated/α-hetero) is 1. The van der Waals surface area contributed by atoms with Crippen LogP contribution in [0.3, 0.4) is 0 Å². The standard InChI is InChI=1S/C17H17NO5/c1-11(2)16(20)18-13-7-5-12(6-8-13)14(19)10-23-17(21)15-4-3-9-22-15/h3-9,11H,10H2,1-2H3,(H,18,20). The topological polar surface area (TPSA) is 85.6 Å². The molecule has 2 aromatic rings. The Hall–Kier alpha value is -2.89. The predicted molar refractivity (Wildman–Crippen MR) is 83.2 cm³/mol. The van der Waals surface area contributed by atoms with E-state index in [0.29, 0.717) is 11.3 Å². The van der Waals surface area contributed by atoms with E-state index in [1.807, 2.05) is 0 Å². The van der Waals surface area contributed by atoms with Crippen molar-refractivity contribution in [1.29, 1.82) is 0 Å². The molecule has 0 fully saturated rings. The van der Waals surface area contributed by atoms with Crippen LogP contribution in [0.4, 0.5) is 5.69 Å². The van der Waals surface area contributed by atoms with Crippen molar-refractivity contribution in [1.82, 2.24) is 0 Å². The Bertz CT molecular complexity index is 686. The van der Waals surface area contributed by atoms with Gasteiger partial charge in [-0.25, -0.2) is 4.79 Å². The van der Waals surface area contributed by atoms with Crippen LogP contribution < -0.4 is 5.32 Å².